The van der Waals surface area contributed by atoms with Crippen LogP contribution in [0, 0.1) is 11.8 Å². The van der Waals surface area contributed by atoms with Gasteiger partial charge in [-0.15, -0.1) is 0 Å². The van der Waals surface area contributed by atoms with Crippen molar-refractivity contribution in [3.05, 3.63) is 24.2 Å². The molecule has 5 heteroatoms. The van der Waals surface area contributed by atoms with Crippen molar-refractivity contribution in [3.63, 3.8) is 0 Å². The summed E-state index contributed by atoms with van der Waals surface area (Å²) in [5.41, 5.74) is 1.15. The summed E-state index contributed by atoms with van der Waals surface area (Å²) in [6.45, 7) is 0.853. The molecule has 2 atom stereocenters. The quantitative estimate of drug-likeness (QED) is 0.858. The van der Waals surface area contributed by atoms with Crippen molar-refractivity contribution in [3.8, 4) is 0 Å². The predicted molar refractivity (Wildman–Crippen MR) is 66.6 cm³/mol. The first kappa shape index (κ1) is 12.6. The van der Waals surface area contributed by atoms with Gasteiger partial charge in [-0.25, -0.2) is 8.42 Å². The van der Waals surface area contributed by atoms with Crippen LogP contribution < -0.4 is 5.32 Å². The van der Waals surface area contributed by atoms with Crippen molar-refractivity contribution in [1.29, 1.82) is 0 Å². The molecular weight excluding hydrogens is 238 g/mol. The van der Waals surface area contributed by atoms with E-state index >= 15 is 0 Å². The van der Waals surface area contributed by atoms with Crippen molar-refractivity contribution in [2.24, 2.45) is 11.8 Å². The molecule has 2 unspecified atom stereocenters. The lowest BCUT2D eigenvalue weighted by Crippen LogP contribution is -2.28. The minimum Gasteiger partial charge on any atom is -0.472 e. The molecule has 0 amide bonds. The van der Waals surface area contributed by atoms with E-state index in [4.69, 9.17) is 4.42 Å². The van der Waals surface area contributed by atoms with E-state index in [-0.39, 0.29) is 5.92 Å². The second kappa shape index (κ2) is 5.23. The normalized spacial score (nSPS) is 24.9. The van der Waals surface area contributed by atoms with Gasteiger partial charge in [-0.3, -0.25) is 0 Å². The van der Waals surface area contributed by atoms with Crippen LogP contribution >= 0.6 is 0 Å². The molecule has 0 aromatic carbocycles. The topological polar surface area (TPSA) is 59.3 Å². The number of hydrogen-bond acceptors (Lipinski definition) is 4. The monoisotopic (exact) mass is 257 g/mol. The van der Waals surface area contributed by atoms with Crippen LogP contribution in [0.15, 0.2) is 23.0 Å². The molecule has 0 radical (unpaired) electrons. The third-order valence-corrected chi connectivity index (χ3v) is 5.27. The van der Waals surface area contributed by atoms with Crippen LogP contribution in [0.1, 0.15) is 12.0 Å². The molecule has 1 aromatic heterocycles. The first-order valence-electron chi connectivity index (χ1n) is 5.97. The molecule has 1 saturated heterocycles. The summed E-state index contributed by atoms with van der Waals surface area (Å²) in [4.78, 5) is 0. The first-order chi connectivity index (χ1) is 8.11. The van der Waals surface area contributed by atoms with Crippen molar-refractivity contribution in [2.45, 2.75) is 12.8 Å². The van der Waals surface area contributed by atoms with Crippen LogP contribution in [-0.4, -0.2) is 33.5 Å². The van der Waals surface area contributed by atoms with Crippen LogP contribution in [0.3, 0.4) is 0 Å². The van der Waals surface area contributed by atoms with Crippen LogP contribution in [0.5, 0.6) is 0 Å². The maximum atomic E-state index is 11.5. The number of rotatable bonds is 5. The van der Waals surface area contributed by atoms with Gasteiger partial charge in [0, 0.05) is 0 Å². The standard InChI is InChI=1S/C12H19NO3S/c1-13-7-12(6-10-2-4-16-8-10)11-3-5-17(14,15)9-11/h2,4,8,11-13H,3,5-7,9H2,1H3. The highest BCUT2D eigenvalue weighted by Gasteiger charge is 2.33. The van der Waals surface area contributed by atoms with Gasteiger partial charge in [0.2, 0.25) is 0 Å². The van der Waals surface area contributed by atoms with Crippen LogP contribution in [-0.2, 0) is 16.3 Å². The minimum atomic E-state index is -2.79. The summed E-state index contributed by atoms with van der Waals surface area (Å²) in [7, 11) is -0.880. The Kier molecular flexibility index (Phi) is 3.89. The van der Waals surface area contributed by atoms with Crippen molar-refractivity contribution < 1.29 is 12.8 Å². The van der Waals surface area contributed by atoms with Gasteiger partial charge in [-0.05, 0) is 49.9 Å². The molecule has 17 heavy (non-hydrogen) atoms. The summed E-state index contributed by atoms with van der Waals surface area (Å²) in [6.07, 6.45) is 5.09. The number of sulfone groups is 1. The number of nitrogens with one attached hydrogen (secondary N) is 1. The van der Waals surface area contributed by atoms with Crippen LogP contribution in [0.25, 0.3) is 0 Å². The molecule has 0 spiro atoms. The molecule has 1 aromatic rings. The lowest BCUT2D eigenvalue weighted by atomic mass is 9.87. The molecule has 0 saturated carbocycles. The van der Waals surface area contributed by atoms with Crippen molar-refractivity contribution in [1.82, 2.24) is 5.32 Å². The summed E-state index contributed by atoms with van der Waals surface area (Å²) in [5, 5.41) is 3.16. The van der Waals surface area contributed by atoms with Crippen molar-refractivity contribution >= 4 is 9.84 Å². The minimum absolute atomic E-state index is 0.280. The fourth-order valence-electron chi connectivity index (χ4n) is 2.57. The Morgan fingerprint density at radius 2 is 2.41 bits per heavy atom. The fraction of sp³-hybridized carbons (Fsp3) is 0.667. The predicted octanol–water partition coefficient (Wildman–Crippen LogP) is 1.09. The molecule has 0 bridgehead atoms. The molecule has 1 N–H and O–H groups in total. The Balaban J connectivity index is 2.02. The van der Waals surface area contributed by atoms with Gasteiger partial charge in [-0.2, -0.15) is 0 Å². The lowest BCUT2D eigenvalue weighted by molar-refractivity contribution is 0.351. The first-order valence-corrected chi connectivity index (χ1v) is 7.79. The highest BCUT2D eigenvalue weighted by molar-refractivity contribution is 7.91. The lowest BCUT2D eigenvalue weighted by Gasteiger charge is -2.21. The van der Waals surface area contributed by atoms with Crippen LogP contribution in [0.2, 0.25) is 0 Å². The number of furan rings is 1. The van der Waals surface area contributed by atoms with E-state index in [0.717, 1.165) is 24.9 Å². The van der Waals surface area contributed by atoms with E-state index in [1.165, 1.54) is 0 Å². The Bertz CT molecular complexity index is 438. The molecule has 1 aliphatic rings. The largest absolute Gasteiger partial charge is 0.472 e. The zero-order valence-corrected chi connectivity index (χ0v) is 10.9. The van der Waals surface area contributed by atoms with Gasteiger partial charge in [0.05, 0.1) is 24.0 Å². The van der Waals surface area contributed by atoms with E-state index < -0.39 is 9.84 Å². The summed E-state index contributed by atoms with van der Waals surface area (Å²) in [6, 6.07) is 1.95. The maximum Gasteiger partial charge on any atom is 0.150 e. The highest BCUT2D eigenvalue weighted by Crippen LogP contribution is 2.28. The summed E-state index contributed by atoms with van der Waals surface area (Å²) in [5.74, 6) is 1.35. The third kappa shape index (κ3) is 3.33. The highest BCUT2D eigenvalue weighted by atomic mass is 32.2. The van der Waals surface area contributed by atoms with E-state index in [2.05, 4.69) is 5.32 Å². The second-order valence-electron chi connectivity index (χ2n) is 4.82. The molecule has 2 rings (SSSR count). The smallest absolute Gasteiger partial charge is 0.150 e. The molecular formula is C12H19NO3S. The van der Waals surface area contributed by atoms with Gasteiger partial charge in [0.15, 0.2) is 9.84 Å². The van der Waals surface area contributed by atoms with Gasteiger partial charge in [-0.1, -0.05) is 0 Å². The Hall–Kier alpha value is -0.810. The maximum absolute atomic E-state index is 11.5. The molecule has 96 valence electrons. The Morgan fingerprint density at radius 1 is 1.59 bits per heavy atom. The average Bonchev–Trinajstić information content (AvgIpc) is 2.87. The van der Waals surface area contributed by atoms with Gasteiger partial charge < -0.3 is 9.73 Å². The molecule has 1 aliphatic heterocycles. The van der Waals surface area contributed by atoms with Gasteiger partial charge in [0.1, 0.15) is 0 Å². The zero-order chi connectivity index (χ0) is 12.3. The van der Waals surface area contributed by atoms with Crippen LogP contribution in [0.4, 0.5) is 0 Å². The number of hydrogen-bond donors (Lipinski definition) is 1. The Morgan fingerprint density at radius 3 is 2.94 bits per heavy atom. The summed E-state index contributed by atoms with van der Waals surface area (Å²) >= 11 is 0. The van der Waals surface area contributed by atoms with E-state index in [0.29, 0.717) is 17.4 Å². The van der Waals surface area contributed by atoms with Crippen molar-refractivity contribution in [2.75, 3.05) is 25.1 Å². The molecule has 1 fully saturated rings. The zero-order valence-electron chi connectivity index (χ0n) is 10.1. The average molecular weight is 257 g/mol. The SMILES string of the molecule is CNCC(Cc1ccoc1)C1CCS(=O)(=O)C1. The van der Waals surface area contributed by atoms with E-state index in [1.54, 1.807) is 12.5 Å². The summed E-state index contributed by atoms with van der Waals surface area (Å²) < 4.78 is 28.1. The van der Waals surface area contributed by atoms with Gasteiger partial charge >= 0.3 is 0 Å². The Labute approximate surface area is 102 Å². The fourth-order valence-corrected chi connectivity index (χ4v) is 4.49. The van der Waals surface area contributed by atoms with E-state index in [1.807, 2.05) is 13.1 Å². The molecule has 4 nitrogen and oxygen atoms in total. The molecule has 2 heterocycles. The molecule has 0 aliphatic carbocycles. The second-order valence-corrected chi connectivity index (χ2v) is 7.05. The van der Waals surface area contributed by atoms with Gasteiger partial charge in [0.25, 0.3) is 0 Å². The third-order valence-electron chi connectivity index (χ3n) is 3.48. The van der Waals surface area contributed by atoms with E-state index in [9.17, 15) is 8.42 Å².